The molecule has 0 bridgehead atoms. The van der Waals surface area contributed by atoms with Crippen molar-refractivity contribution in [1.82, 2.24) is 15.0 Å². The Morgan fingerprint density at radius 2 is 2.12 bits per heavy atom. The fourth-order valence-electron chi connectivity index (χ4n) is 4.80. The van der Waals surface area contributed by atoms with E-state index in [-0.39, 0.29) is 23.0 Å². The van der Waals surface area contributed by atoms with Crippen molar-refractivity contribution in [2.24, 2.45) is 0 Å². The molecule has 1 amide bonds. The smallest absolute Gasteiger partial charge is 0.291 e. The Bertz CT molecular complexity index is 1060. The number of aromatic amines is 1. The van der Waals surface area contributed by atoms with Crippen LogP contribution in [0, 0.1) is 11.3 Å². The van der Waals surface area contributed by atoms with Crippen LogP contribution in [0.25, 0.3) is 5.57 Å². The molecule has 2 aromatic heterocycles. The maximum atomic E-state index is 12.8. The average molecular weight is 448 g/mol. The first-order valence-electron chi connectivity index (χ1n) is 12.1. The van der Waals surface area contributed by atoms with E-state index in [9.17, 15) is 4.79 Å². The van der Waals surface area contributed by atoms with Crippen LogP contribution in [0.5, 0.6) is 0 Å². The molecule has 33 heavy (non-hydrogen) atoms. The third-order valence-corrected chi connectivity index (χ3v) is 6.52. The first kappa shape index (κ1) is 23.2. The standard InChI is InChI=1S/C26H33N5O2/c1-26(2)15-19(11-7-8-14-33-26)21-12-13-22(23(30-21)18-9-5-3-4-6-10-18)31-25(32)24-28-17-20(16-27)29-24/h9,12-13,17,19H,3-8,10-11,14-15H2,1-2H3,(H,28,29)(H,31,32). The lowest BCUT2D eigenvalue weighted by molar-refractivity contribution is -0.0377. The molecule has 0 aromatic carbocycles. The Labute approximate surface area is 195 Å². The molecule has 1 aliphatic carbocycles. The zero-order valence-electron chi connectivity index (χ0n) is 19.6. The molecule has 1 fully saturated rings. The van der Waals surface area contributed by atoms with Gasteiger partial charge in [0.05, 0.1) is 23.2 Å². The van der Waals surface area contributed by atoms with Crippen LogP contribution in [0.4, 0.5) is 5.69 Å². The number of nitrogens with zero attached hydrogens (tertiary/aromatic N) is 3. The van der Waals surface area contributed by atoms with Gasteiger partial charge in [-0.05, 0) is 76.5 Å². The molecule has 174 valence electrons. The van der Waals surface area contributed by atoms with Crippen molar-refractivity contribution in [1.29, 1.82) is 5.26 Å². The number of hydrogen-bond acceptors (Lipinski definition) is 5. The van der Waals surface area contributed by atoms with Crippen LogP contribution in [-0.4, -0.2) is 33.1 Å². The molecule has 7 heteroatoms. The largest absolute Gasteiger partial charge is 0.376 e. The van der Waals surface area contributed by atoms with Crippen molar-refractivity contribution in [3.05, 3.63) is 47.3 Å². The van der Waals surface area contributed by atoms with E-state index in [0.717, 1.165) is 62.9 Å². The zero-order valence-corrected chi connectivity index (χ0v) is 19.6. The number of amides is 1. The second kappa shape index (κ2) is 10.3. The van der Waals surface area contributed by atoms with E-state index in [1.165, 1.54) is 24.6 Å². The number of anilines is 1. The van der Waals surface area contributed by atoms with Crippen LogP contribution in [0.3, 0.4) is 0 Å². The number of imidazole rings is 1. The van der Waals surface area contributed by atoms with Crippen LogP contribution in [0.15, 0.2) is 24.4 Å². The Hall–Kier alpha value is -2.98. The Morgan fingerprint density at radius 1 is 1.24 bits per heavy atom. The predicted octanol–water partition coefficient (Wildman–Crippen LogP) is 5.73. The van der Waals surface area contributed by atoms with Gasteiger partial charge in [-0.1, -0.05) is 18.9 Å². The molecule has 7 nitrogen and oxygen atoms in total. The molecule has 3 heterocycles. The quantitative estimate of drug-likeness (QED) is 0.623. The molecule has 1 atom stereocenters. The van der Waals surface area contributed by atoms with Crippen molar-refractivity contribution in [2.45, 2.75) is 83.2 Å². The maximum Gasteiger partial charge on any atom is 0.291 e. The first-order valence-corrected chi connectivity index (χ1v) is 12.1. The molecule has 2 aliphatic rings. The molecule has 0 radical (unpaired) electrons. The zero-order chi connectivity index (χ0) is 23.3. The van der Waals surface area contributed by atoms with E-state index < -0.39 is 0 Å². The highest BCUT2D eigenvalue weighted by Crippen LogP contribution is 2.37. The molecule has 0 spiro atoms. The van der Waals surface area contributed by atoms with Crippen molar-refractivity contribution >= 4 is 17.2 Å². The fourth-order valence-corrected chi connectivity index (χ4v) is 4.80. The molecule has 2 N–H and O–H groups in total. The van der Waals surface area contributed by atoms with E-state index >= 15 is 0 Å². The second-order valence-electron chi connectivity index (χ2n) is 9.68. The SMILES string of the molecule is CC1(C)CC(c2ccc(NC(=O)c3ncc(C#N)[nH]3)c(C3=CCCCCC3)n2)CCCCO1. The van der Waals surface area contributed by atoms with Gasteiger partial charge in [0.2, 0.25) is 0 Å². The number of pyridine rings is 1. The van der Waals surface area contributed by atoms with Crippen LogP contribution in [-0.2, 0) is 4.74 Å². The summed E-state index contributed by atoms with van der Waals surface area (Å²) in [6.07, 6.45) is 13.4. The average Bonchev–Trinajstić information content (AvgIpc) is 3.12. The molecule has 1 unspecified atom stereocenters. The number of H-pyrrole nitrogens is 1. The lowest BCUT2D eigenvalue weighted by Gasteiger charge is -2.32. The Kier molecular flexibility index (Phi) is 7.24. The summed E-state index contributed by atoms with van der Waals surface area (Å²) in [5, 5.41) is 12.0. The van der Waals surface area contributed by atoms with E-state index in [1.54, 1.807) is 0 Å². The number of nitriles is 1. The van der Waals surface area contributed by atoms with Crippen LogP contribution < -0.4 is 5.32 Å². The highest BCUT2D eigenvalue weighted by molar-refractivity contribution is 6.03. The summed E-state index contributed by atoms with van der Waals surface area (Å²) in [5.74, 6) is 0.0655. The number of allylic oxidation sites excluding steroid dienone is 2. The van der Waals surface area contributed by atoms with Crippen LogP contribution in [0.1, 0.15) is 105 Å². The minimum absolute atomic E-state index is 0.121. The first-order chi connectivity index (χ1) is 15.9. The van der Waals surface area contributed by atoms with Gasteiger partial charge in [-0.2, -0.15) is 5.26 Å². The van der Waals surface area contributed by atoms with Crippen molar-refractivity contribution in [2.75, 3.05) is 11.9 Å². The highest BCUT2D eigenvalue weighted by atomic mass is 16.5. The monoisotopic (exact) mass is 447 g/mol. The van der Waals surface area contributed by atoms with Crippen molar-refractivity contribution < 1.29 is 9.53 Å². The summed E-state index contributed by atoms with van der Waals surface area (Å²) in [7, 11) is 0. The lowest BCUT2D eigenvalue weighted by Crippen LogP contribution is -2.29. The van der Waals surface area contributed by atoms with Gasteiger partial charge in [0.1, 0.15) is 11.8 Å². The molecule has 1 aliphatic heterocycles. The van der Waals surface area contributed by atoms with Gasteiger partial charge in [0.25, 0.3) is 5.91 Å². The molecule has 2 aromatic rings. The molecular formula is C26H33N5O2. The molecule has 4 rings (SSSR count). The van der Waals surface area contributed by atoms with Gasteiger partial charge < -0.3 is 15.0 Å². The van der Waals surface area contributed by atoms with E-state index in [1.807, 2.05) is 18.2 Å². The van der Waals surface area contributed by atoms with E-state index in [0.29, 0.717) is 11.6 Å². The number of nitrogens with one attached hydrogen (secondary N) is 2. The minimum atomic E-state index is -0.373. The predicted molar refractivity (Wildman–Crippen MR) is 128 cm³/mol. The second-order valence-corrected chi connectivity index (χ2v) is 9.68. The number of carbonyl (C=O) groups excluding carboxylic acids is 1. The van der Waals surface area contributed by atoms with Crippen LogP contribution >= 0.6 is 0 Å². The molecule has 1 saturated heterocycles. The lowest BCUT2D eigenvalue weighted by atomic mass is 9.85. The van der Waals surface area contributed by atoms with Gasteiger partial charge >= 0.3 is 0 Å². The van der Waals surface area contributed by atoms with Gasteiger partial charge in [0, 0.05) is 18.2 Å². The number of aromatic nitrogens is 3. The Morgan fingerprint density at radius 3 is 2.94 bits per heavy atom. The van der Waals surface area contributed by atoms with Gasteiger partial charge in [0.15, 0.2) is 5.82 Å². The van der Waals surface area contributed by atoms with Crippen molar-refractivity contribution in [3.63, 3.8) is 0 Å². The minimum Gasteiger partial charge on any atom is -0.376 e. The third-order valence-electron chi connectivity index (χ3n) is 6.52. The number of ether oxygens (including phenoxy) is 1. The fraction of sp³-hybridized carbons (Fsp3) is 0.538. The summed E-state index contributed by atoms with van der Waals surface area (Å²) >= 11 is 0. The topological polar surface area (TPSA) is 104 Å². The third kappa shape index (κ3) is 5.88. The summed E-state index contributed by atoms with van der Waals surface area (Å²) in [4.78, 5) is 24.7. The summed E-state index contributed by atoms with van der Waals surface area (Å²) in [5.41, 5.74) is 3.89. The maximum absolute atomic E-state index is 12.8. The molecular weight excluding hydrogens is 414 g/mol. The van der Waals surface area contributed by atoms with Crippen molar-refractivity contribution in [3.8, 4) is 6.07 Å². The molecule has 0 saturated carbocycles. The summed E-state index contributed by atoms with van der Waals surface area (Å²) in [6.45, 7) is 5.14. The van der Waals surface area contributed by atoms with Gasteiger partial charge in [-0.3, -0.25) is 9.78 Å². The van der Waals surface area contributed by atoms with E-state index in [4.69, 9.17) is 15.0 Å². The number of rotatable bonds is 4. The van der Waals surface area contributed by atoms with Gasteiger partial charge in [-0.25, -0.2) is 4.98 Å². The highest BCUT2D eigenvalue weighted by Gasteiger charge is 2.28. The summed E-state index contributed by atoms with van der Waals surface area (Å²) < 4.78 is 6.09. The number of hydrogen-bond donors (Lipinski definition) is 2. The summed E-state index contributed by atoms with van der Waals surface area (Å²) in [6, 6.07) is 5.98. The van der Waals surface area contributed by atoms with Gasteiger partial charge in [-0.15, -0.1) is 0 Å². The Balaban J connectivity index is 1.66. The normalized spacial score (nSPS) is 21.1. The van der Waals surface area contributed by atoms with E-state index in [2.05, 4.69) is 35.2 Å². The number of carbonyl (C=O) groups is 1. The van der Waals surface area contributed by atoms with Crippen LogP contribution in [0.2, 0.25) is 0 Å².